The van der Waals surface area contributed by atoms with Gasteiger partial charge in [-0.25, -0.2) is 8.42 Å². The number of hydrogen-bond acceptors (Lipinski definition) is 5. The molecule has 0 atom stereocenters. The van der Waals surface area contributed by atoms with Crippen LogP contribution in [-0.4, -0.2) is 20.0 Å². The third-order valence-electron chi connectivity index (χ3n) is 4.12. The van der Waals surface area contributed by atoms with E-state index in [1.807, 2.05) is 54.6 Å². The second-order valence-corrected chi connectivity index (χ2v) is 8.87. The number of aromatic nitrogens is 1. The Morgan fingerprint density at radius 3 is 2.52 bits per heavy atom. The van der Waals surface area contributed by atoms with Gasteiger partial charge in [-0.1, -0.05) is 42.1 Å². The Bertz CT molecular complexity index is 1080. The zero-order valence-corrected chi connectivity index (χ0v) is 16.0. The third kappa shape index (κ3) is 3.91. The average Bonchev–Trinajstić information content (AvgIpc) is 2.94. The highest BCUT2D eigenvalue weighted by Gasteiger charge is 2.30. The Labute approximate surface area is 162 Å². The van der Waals surface area contributed by atoms with Crippen molar-refractivity contribution in [3.05, 3.63) is 89.6 Å². The fraction of sp³-hybridized carbons (Fsp3) is 0.0952. The quantitative estimate of drug-likeness (QED) is 0.611. The van der Waals surface area contributed by atoms with Gasteiger partial charge in [0.25, 0.3) is 0 Å². The van der Waals surface area contributed by atoms with Crippen LogP contribution in [0.2, 0.25) is 0 Å². The molecule has 0 fully saturated rings. The van der Waals surface area contributed by atoms with Crippen LogP contribution in [0, 0.1) is 0 Å². The number of hydrogen-bond donors (Lipinski definition) is 0. The number of benzene rings is 2. The minimum atomic E-state index is -3.45. The molecule has 0 saturated heterocycles. The van der Waals surface area contributed by atoms with Crippen molar-refractivity contribution >= 4 is 26.5 Å². The van der Waals surface area contributed by atoms with Crippen LogP contribution in [0.4, 0.5) is 0 Å². The van der Waals surface area contributed by atoms with Crippen LogP contribution in [-0.2, 0) is 16.3 Å². The number of nitrogens with zero attached hydrogens (tertiary/aromatic N) is 1. The summed E-state index contributed by atoms with van der Waals surface area (Å²) in [5.74, 6) is 0.583. The van der Waals surface area contributed by atoms with Crippen LogP contribution < -0.4 is 4.74 Å². The fourth-order valence-electron chi connectivity index (χ4n) is 2.88. The van der Waals surface area contributed by atoms with Crippen molar-refractivity contribution in [1.29, 1.82) is 0 Å². The van der Waals surface area contributed by atoms with E-state index in [4.69, 9.17) is 4.74 Å². The maximum atomic E-state index is 12.5. The molecule has 0 bridgehead atoms. The molecular formula is C21H17NO3S2. The van der Waals surface area contributed by atoms with Crippen LogP contribution >= 0.6 is 11.8 Å². The van der Waals surface area contributed by atoms with Gasteiger partial charge in [0.2, 0.25) is 9.84 Å². The van der Waals surface area contributed by atoms with Crippen molar-refractivity contribution < 1.29 is 13.2 Å². The summed E-state index contributed by atoms with van der Waals surface area (Å²) in [5.41, 5.74) is 1.58. The van der Waals surface area contributed by atoms with Gasteiger partial charge in [0.15, 0.2) is 0 Å². The first kappa shape index (κ1) is 17.8. The topological polar surface area (TPSA) is 56.3 Å². The highest BCUT2D eigenvalue weighted by molar-refractivity contribution is 8.10. The molecule has 3 aromatic rings. The van der Waals surface area contributed by atoms with Gasteiger partial charge in [-0.15, -0.1) is 0 Å². The summed E-state index contributed by atoms with van der Waals surface area (Å²) in [4.78, 5) is 6.25. The van der Waals surface area contributed by atoms with Gasteiger partial charge in [-0.2, -0.15) is 0 Å². The van der Waals surface area contributed by atoms with E-state index in [9.17, 15) is 8.42 Å². The number of fused-ring (bicyclic) bond motifs is 1. The van der Waals surface area contributed by atoms with E-state index in [1.54, 1.807) is 18.3 Å². The molecule has 136 valence electrons. The minimum Gasteiger partial charge on any atom is -0.492 e. The van der Waals surface area contributed by atoms with E-state index in [0.717, 1.165) is 10.6 Å². The molecule has 1 aliphatic heterocycles. The molecule has 2 aromatic carbocycles. The van der Waals surface area contributed by atoms with Crippen molar-refractivity contribution in [1.82, 2.24) is 4.98 Å². The van der Waals surface area contributed by atoms with Gasteiger partial charge in [-0.3, -0.25) is 4.98 Å². The van der Waals surface area contributed by atoms with Gasteiger partial charge in [0.05, 0.1) is 22.5 Å². The smallest absolute Gasteiger partial charge is 0.201 e. The molecule has 0 saturated carbocycles. The van der Waals surface area contributed by atoms with Crippen LogP contribution in [0.1, 0.15) is 11.3 Å². The van der Waals surface area contributed by atoms with Gasteiger partial charge in [0.1, 0.15) is 5.75 Å². The molecular weight excluding hydrogens is 378 g/mol. The zero-order chi connectivity index (χ0) is 18.7. The van der Waals surface area contributed by atoms with Crippen LogP contribution in [0.25, 0.3) is 4.91 Å². The Morgan fingerprint density at radius 1 is 0.926 bits per heavy atom. The van der Waals surface area contributed by atoms with Gasteiger partial charge < -0.3 is 4.74 Å². The largest absolute Gasteiger partial charge is 0.492 e. The SMILES string of the molecule is O=S1(=O)C=C(Sc2ccccc2)c2c(OCCc3ccccn3)cccc21. The molecule has 0 unspecified atom stereocenters. The average molecular weight is 396 g/mol. The molecule has 4 rings (SSSR count). The first-order valence-electron chi connectivity index (χ1n) is 8.49. The monoisotopic (exact) mass is 395 g/mol. The number of rotatable bonds is 6. The van der Waals surface area contributed by atoms with Gasteiger partial charge in [0, 0.05) is 28.1 Å². The Hall–Kier alpha value is -2.57. The molecule has 1 aromatic heterocycles. The van der Waals surface area contributed by atoms with E-state index in [0.29, 0.717) is 34.1 Å². The van der Waals surface area contributed by atoms with E-state index in [-0.39, 0.29) is 0 Å². The van der Waals surface area contributed by atoms with Crippen molar-refractivity contribution in [3.8, 4) is 5.75 Å². The molecule has 6 heteroatoms. The maximum absolute atomic E-state index is 12.5. The van der Waals surface area contributed by atoms with E-state index >= 15 is 0 Å². The van der Waals surface area contributed by atoms with Crippen molar-refractivity contribution in [2.24, 2.45) is 0 Å². The molecule has 0 amide bonds. The molecule has 1 aliphatic rings. The molecule has 0 radical (unpaired) electrons. The highest BCUT2D eigenvalue weighted by Crippen LogP contribution is 2.47. The summed E-state index contributed by atoms with van der Waals surface area (Å²) < 4.78 is 31.0. The predicted octanol–water partition coefficient (Wildman–Crippen LogP) is 4.58. The normalized spacial score (nSPS) is 14.4. The molecule has 4 nitrogen and oxygen atoms in total. The molecule has 0 spiro atoms. The first-order valence-corrected chi connectivity index (χ1v) is 10.9. The third-order valence-corrected chi connectivity index (χ3v) is 6.81. The van der Waals surface area contributed by atoms with E-state index < -0.39 is 9.84 Å². The number of ether oxygens (including phenoxy) is 1. The maximum Gasteiger partial charge on any atom is 0.201 e. The van der Waals surface area contributed by atoms with Crippen molar-refractivity contribution in [2.45, 2.75) is 16.2 Å². The predicted molar refractivity (Wildman–Crippen MR) is 107 cm³/mol. The summed E-state index contributed by atoms with van der Waals surface area (Å²) in [6, 6.07) is 20.6. The van der Waals surface area contributed by atoms with Crippen LogP contribution in [0.15, 0.2) is 88.1 Å². The van der Waals surface area contributed by atoms with Gasteiger partial charge in [-0.05, 0) is 36.4 Å². The summed E-state index contributed by atoms with van der Waals surface area (Å²) >= 11 is 1.43. The summed E-state index contributed by atoms with van der Waals surface area (Å²) in [6.07, 6.45) is 2.40. The number of sulfone groups is 1. The lowest BCUT2D eigenvalue weighted by Gasteiger charge is -2.12. The fourth-order valence-corrected chi connectivity index (χ4v) is 5.66. The lowest BCUT2D eigenvalue weighted by molar-refractivity contribution is 0.319. The van der Waals surface area contributed by atoms with Crippen molar-refractivity contribution in [2.75, 3.05) is 6.61 Å². The summed E-state index contributed by atoms with van der Waals surface area (Å²) in [5, 5.41) is 1.33. The zero-order valence-electron chi connectivity index (χ0n) is 14.4. The molecule has 2 heterocycles. The Kier molecular flexibility index (Phi) is 5.01. The second kappa shape index (κ2) is 7.58. The molecule has 27 heavy (non-hydrogen) atoms. The lowest BCUT2D eigenvalue weighted by Crippen LogP contribution is -2.04. The second-order valence-electron chi connectivity index (χ2n) is 5.99. The highest BCUT2D eigenvalue weighted by atomic mass is 32.2. The molecule has 0 N–H and O–H groups in total. The molecule has 0 aliphatic carbocycles. The van der Waals surface area contributed by atoms with E-state index in [2.05, 4.69) is 4.98 Å². The first-order chi connectivity index (χ1) is 13.1. The van der Waals surface area contributed by atoms with Gasteiger partial charge >= 0.3 is 0 Å². The van der Waals surface area contributed by atoms with Crippen molar-refractivity contribution in [3.63, 3.8) is 0 Å². The number of pyridine rings is 1. The lowest BCUT2D eigenvalue weighted by atomic mass is 10.2. The van der Waals surface area contributed by atoms with Crippen LogP contribution in [0.5, 0.6) is 5.75 Å². The Morgan fingerprint density at radius 2 is 1.74 bits per heavy atom. The summed E-state index contributed by atoms with van der Waals surface area (Å²) in [7, 11) is -3.45. The summed E-state index contributed by atoms with van der Waals surface area (Å²) in [6.45, 7) is 0.427. The Balaban J connectivity index is 1.60. The minimum absolute atomic E-state index is 0.302. The number of thioether (sulfide) groups is 1. The standard InChI is InChI=1S/C21H17NO3S2/c23-27(24)15-19(26-17-8-2-1-3-9-17)21-18(10-6-11-20(21)27)25-14-12-16-7-4-5-13-22-16/h1-11,13,15H,12,14H2. The van der Waals surface area contributed by atoms with Crippen LogP contribution in [0.3, 0.4) is 0 Å². The van der Waals surface area contributed by atoms with E-state index in [1.165, 1.54) is 17.2 Å².